The third-order valence-corrected chi connectivity index (χ3v) is 8.01. The van der Waals surface area contributed by atoms with E-state index in [0.717, 1.165) is 42.9 Å². The lowest BCUT2D eigenvalue weighted by Gasteiger charge is -2.33. The lowest BCUT2D eigenvalue weighted by Crippen LogP contribution is -2.44. The minimum atomic E-state index is -0.632. The van der Waals surface area contributed by atoms with Crippen molar-refractivity contribution >= 4 is 22.8 Å². The first-order valence-electron chi connectivity index (χ1n) is 12.5. The molecular formula is C25H35N5O3. The number of aromatic nitrogens is 2. The molecule has 4 heterocycles. The number of benzene rings is 1. The number of carbonyl (C=O) groups is 2. The summed E-state index contributed by atoms with van der Waals surface area (Å²) in [7, 11) is 1.76. The fourth-order valence-electron chi connectivity index (χ4n) is 5.89. The lowest BCUT2D eigenvalue weighted by atomic mass is 9.88. The predicted octanol–water partition coefficient (Wildman–Crippen LogP) is 1.89. The molecule has 2 N–H and O–H groups in total. The van der Waals surface area contributed by atoms with Crippen LogP contribution in [0.5, 0.6) is 0 Å². The van der Waals surface area contributed by atoms with E-state index in [2.05, 4.69) is 27.7 Å². The van der Waals surface area contributed by atoms with Crippen LogP contribution in [0.3, 0.4) is 0 Å². The van der Waals surface area contributed by atoms with Gasteiger partial charge in [0.05, 0.1) is 11.0 Å². The Morgan fingerprint density at radius 1 is 0.970 bits per heavy atom. The number of amides is 2. The van der Waals surface area contributed by atoms with Gasteiger partial charge in [-0.3, -0.25) is 24.0 Å². The number of imidazole rings is 1. The molecule has 1 unspecified atom stereocenters. The molecule has 178 valence electrons. The summed E-state index contributed by atoms with van der Waals surface area (Å²) >= 11 is 0. The zero-order chi connectivity index (χ0) is 22.9. The zero-order valence-electron chi connectivity index (χ0n) is 19.5. The van der Waals surface area contributed by atoms with Crippen LogP contribution in [0.25, 0.3) is 11.0 Å². The number of hydrogen-bond acceptors (Lipinski definition) is 5. The van der Waals surface area contributed by atoms with E-state index in [4.69, 9.17) is 0 Å². The minimum Gasteiger partial charge on any atom is -0.317 e. The second-order valence-electron chi connectivity index (χ2n) is 10.0. The number of piperidine rings is 3. The fraction of sp³-hybridized carbons (Fsp3) is 0.640. The van der Waals surface area contributed by atoms with Crippen LogP contribution in [0.4, 0.5) is 0 Å². The Kier molecular flexibility index (Phi) is 6.38. The van der Waals surface area contributed by atoms with Gasteiger partial charge in [-0.2, -0.15) is 0 Å². The van der Waals surface area contributed by atoms with Crippen LogP contribution in [-0.4, -0.2) is 58.6 Å². The molecule has 3 fully saturated rings. The van der Waals surface area contributed by atoms with E-state index in [1.165, 1.54) is 44.5 Å². The molecule has 0 saturated carbocycles. The minimum absolute atomic E-state index is 0.204. The Balaban J connectivity index is 1.27. The average Bonchev–Trinajstić information content (AvgIpc) is 3.08. The number of rotatable bonds is 5. The Morgan fingerprint density at radius 2 is 1.73 bits per heavy atom. The van der Waals surface area contributed by atoms with Crippen molar-refractivity contribution in [2.75, 3.05) is 32.7 Å². The van der Waals surface area contributed by atoms with Crippen molar-refractivity contribution in [2.45, 2.75) is 56.9 Å². The van der Waals surface area contributed by atoms with Crippen molar-refractivity contribution in [1.82, 2.24) is 24.7 Å². The molecule has 8 nitrogen and oxygen atoms in total. The summed E-state index contributed by atoms with van der Waals surface area (Å²) in [5, 5.41) is 5.82. The van der Waals surface area contributed by atoms with Crippen LogP contribution in [-0.2, 0) is 16.6 Å². The van der Waals surface area contributed by atoms with Crippen LogP contribution >= 0.6 is 0 Å². The van der Waals surface area contributed by atoms with Gasteiger partial charge in [-0.05, 0) is 101 Å². The smallest absolute Gasteiger partial charge is 0.317 e. The van der Waals surface area contributed by atoms with Gasteiger partial charge in [-0.15, -0.1) is 0 Å². The summed E-state index contributed by atoms with van der Waals surface area (Å²) in [6, 6.07) is 5.61. The molecule has 0 bridgehead atoms. The quantitative estimate of drug-likeness (QED) is 0.675. The maximum atomic E-state index is 13.0. The number of nitrogens with one attached hydrogen (secondary N) is 2. The van der Waals surface area contributed by atoms with Gasteiger partial charge < -0.3 is 10.2 Å². The largest absolute Gasteiger partial charge is 0.329 e. The standard InChI is InChI=1S/C25H35N5O3/c1-28-22-16-19(18-9-14-29(15-10-18)13-8-17-6-11-26-12-7-17)2-3-20(22)30(25(28)33)21-4-5-23(31)27-24(21)32/h2-3,16-18,21,26H,4-15H2,1H3,(H,27,31,32). The first-order chi connectivity index (χ1) is 16.0. The van der Waals surface area contributed by atoms with E-state index in [0.29, 0.717) is 12.3 Å². The summed E-state index contributed by atoms with van der Waals surface area (Å²) in [4.78, 5) is 39.6. The molecule has 0 radical (unpaired) electrons. The number of imide groups is 1. The van der Waals surface area contributed by atoms with Crippen molar-refractivity contribution in [1.29, 1.82) is 0 Å². The van der Waals surface area contributed by atoms with Crippen LogP contribution in [0.1, 0.15) is 62.5 Å². The molecule has 1 aromatic heterocycles. The summed E-state index contributed by atoms with van der Waals surface area (Å²) < 4.78 is 3.20. The monoisotopic (exact) mass is 453 g/mol. The number of likely N-dealkylation sites (tertiary alicyclic amines) is 1. The number of hydrogen-bond donors (Lipinski definition) is 2. The topological polar surface area (TPSA) is 88.4 Å². The SMILES string of the molecule is Cn1c(=O)n(C2CCC(=O)NC2=O)c2ccc(C3CCN(CCC4CCNCC4)CC3)cc21. The molecule has 8 heteroatoms. The van der Waals surface area contributed by atoms with Gasteiger partial charge in [0.25, 0.3) is 0 Å². The number of carbonyl (C=O) groups excluding carboxylic acids is 2. The summed E-state index contributed by atoms with van der Waals surface area (Å²) in [5.41, 5.74) is 2.69. The van der Waals surface area contributed by atoms with Crippen LogP contribution in [0.2, 0.25) is 0 Å². The molecule has 3 aliphatic heterocycles. The molecule has 1 aromatic carbocycles. The van der Waals surface area contributed by atoms with Crippen molar-refractivity contribution in [3.63, 3.8) is 0 Å². The van der Waals surface area contributed by atoms with Gasteiger partial charge in [0.1, 0.15) is 6.04 Å². The average molecular weight is 454 g/mol. The predicted molar refractivity (Wildman–Crippen MR) is 127 cm³/mol. The van der Waals surface area contributed by atoms with E-state index < -0.39 is 6.04 Å². The highest BCUT2D eigenvalue weighted by atomic mass is 16.2. The van der Waals surface area contributed by atoms with Crippen LogP contribution in [0.15, 0.2) is 23.0 Å². The Hall–Kier alpha value is -2.45. The molecule has 1 atom stereocenters. The first kappa shape index (κ1) is 22.3. The molecule has 3 saturated heterocycles. The number of aryl methyl sites for hydroxylation is 1. The second kappa shape index (κ2) is 9.43. The number of nitrogens with zero attached hydrogens (tertiary/aromatic N) is 3. The summed E-state index contributed by atoms with van der Waals surface area (Å²) in [5.74, 6) is 0.718. The molecule has 5 rings (SSSR count). The van der Waals surface area contributed by atoms with E-state index in [9.17, 15) is 14.4 Å². The maximum Gasteiger partial charge on any atom is 0.329 e. The molecule has 2 amide bonds. The zero-order valence-corrected chi connectivity index (χ0v) is 19.5. The van der Waals surface area contributed by atoms with Gasteiger partial charge in [0.2, 0.25) is 11.8 Å². The molecule has 33 heavy (non-hydrogen) atoms. The molecule has 0 aliphatic carbocycles. The second-order valence-corrected chi connectivity index (χ2v) is 10.0. The highest BCUT2D eigenvalue weighted by Crippen LogP contribution is 2.31. The summed E-state index contributed by atoms with van der Waals surface area (Å²) in [6.07, 6.45) is 6.84. The van der Waals surface area contributed by atoms with E-state index in [1.807, 2.05) is 6.07 Å². The molecule has 3 aliphatic rings. The molecular weight excluding hydrogens is 418 g/mol. The molecule has 0 spiro atoms. The normalized spacial score (nSPS) is 23.8. The third-order valence-electron chi connectivity index (χ3n) is 8.01. The van der Waals surface area contributed by atoms with E-state index in [-0.39, 0.29) is 23.9 Å². The van der Waals surface area contributed by atoms with Crippen LogP contribution in [0, 0.1) is 5.92 Å². The maximum absolute atomic E-state index is 13.0. The van der Waals surface area contributed by atoms with Crippen molar-refractivity contribution < 1.29 is 9.59 Å². The van der Waals surface area contributed by atoms with E-state index >= 15 is 0 Å². The van der Waals surface area contributed by atoms with Crippen LogP contribution < -0.4 is 16.3 Å². The van der Waals surface area contributed by atoms with Gasteiger partial charge >= 0.3 is 5.69 Å². The molecule has 2 aromatic rings. The van der Waals surface area contributed by atoms with Crippen molar-refractivity contribution in [2.24, 2.45) is 13.0 Å². The first-order valence-corrected chi connectivity index (χ1v) is 12.5. The van der Waals surface area contributed by atoms with Crippen molar-refractivity contribution in [3.05, 3.63) is 34.2 Å². The van der Waals surface area contributed by atoms with Crippen molar-refractivity contribution in [3.8, 4) is 0 Å². The lowest BCUT2D eigenvalue weighted by molar-refractivity contribution is -0.135. The number of fused-ring (bicyclic) bond motifs is 1. The Morgan fingerprint density at radius 3 is 2.45 bits per heavy atom. The third kappa shape index (κ3) is 4.51. The highest BCUT2D eigenvalue weighted by Gasteiger charge is 2.31. The fourth-order valence-corrected chi connectivity index (χ4v) is 5.89. The highest BCUT2D eigenvalue weighted by molar-refractivity contribution is 6.00. The Bertz CT molecular complexity index is 1090. The van der Waals surface area contributed by atoms with E-state index in [1.54, 1.807) is 16.2 Å². The van der Waals surface area contributed by atoms with Gasteiger partial charge in [-0.1, -0.05) is 6.07 Å². The summed E-state index contributed by atoms with van der Waals surface area (Å²) in [6.45, 7) is 5.81. The van der Waals surface area contributed by atoms with Gasteiger partial charge in [0.15, 0.2) is 0 Å². The van der Waals surface area contributed by atoms with Gasteiger partial charge in [-0.25, -0.2) is 4.79 Å². The van der Waals surface area contributed by atoms with Gasteiger partial charge in [0, 0.05) is 13.5 Å². The Labute approximate surface area is 194 Å².